The first-order valence-corrected chi connectivity index (χ1v) is 10.8. The van der Waals surface area contributed by atoms with Crippen molar-refractivity contribution in [3.05, 3.63) is 50.4 Å². The lowest BCUT2D eigenvalue weighted by Gasteiger charge is -2.17. The van der Waals surface area contributed by atoms with Crippen molar-refractivity contribution < 1.29 is 4.74 Å². The molecule has 1 aliphatic carbocycles. The lowest BCUT2D eigenvalue weighted by Crippen LogP contribution is -2.26. The zero-order valence-corrected chi connectivity index (χ0v) is 18.5. The molecular formula is C23H28ClN3O2. The van der Waals surface area contributed by atoms with Gasteiger partial charge in [0.25, 0.3) is 5.56 Å². The highest BCUT2D eigenvalue weighted by Crippen LogP contribution is 2.40. The summed E-state index contributed by atoms with van der Waals surface area (Å²) >= 11 is 6.61. The number of ether oxygens (including phenoxy) is 1. The van der Waals surface area contributed by atoms with E-state index in [1.807, 2.05) is 29.0 Å². The minimum Gasteiger partial charge on any atom is -0.496 e. The van der Waals surface area contributed by atoms with E-state index in [0.29, 0.717) is 22.3 Å². The average molecular weight is 414 g/mol. The summed E-state index contributed by atoms with van der Waals surface area (Å²) in [6.45, 7) is 8.34. The van der Waals surface area contributed by atoms with Crippen molar-refractivity contribution in [2.75, 3.05) is 7.11 Å². The van der Waals surface area contributed by atoms with E-state index < -0.39 is 0 Å². The molecule has 4 rings (SSSR count). The molecule has 2 aromatic heterocycles. The Morgan fingerprint density at radius 3 is 2.48 bits per heavy atom. The maximum Gasteiger partial charge on any atom is 0.278 e. The van der Waals surface area contributed by atoms with Gasteiger partial charge in [0, 0.05) is 17.3 Å². The van der Waals surface area contributed by atoms with Crippen LogP contribution in [0.2, 0.25) is 5.02 Å². The SMILES string of the molecule is CCC(CC)c1cc(C)n2nc(-c3cc(C)c(OC)cc3Cl)n(C3CC3)c(=O)c12. The maximum atomic E-state index is 13.7. The monoisotopic (exact) mass is 413 g/mol. The topological polar surface area (TPSA) is 48.5 Å². The molecule has 5 nitrogen and oxygen atoms in total. The molecule has 1 aliphatic rings. The third-order valence-electron chi connectivity index (χ3n) is 6.09. The third kappa shape index (κ3) is 3.25. The van der Waals surface area contributed by atoms with Gasteiger partial charge in [-0.25, -0.2) is 4.52 Å². The number of nitrogens with zero attached hydrogens (tertiary/aromatic N) is 3. The van der Waals surface area contributed by atoms with Crippen LogP contribution in [-0.4, -0.2) is 21.3 Å². The van der Waals surface area contributed by atoms with E-state index >= 15 is 0 Å². The predicted molar refractivity (Wildman–Crippen MR) is 118 cm³/mol. The Morgan fingerprint density at radius 2 is 1.90 bits per heavy atom. The van der Waals surface area contributed by atoms with Gasteiger partial charge in [0.15, 0.2) is 5.82 Å². The number of hydrogen-bond acceptors (Lipinski definition) is 3. The molecule has 154 valence electrons. The van der Waals surface area contributed by atoms with E-state index in [4.69, 9.17) is 21.4 Å². The first kappa shape index (κ1) is 20.0. The van der Waals surface area contributed by atoms with Gasteiger partial charge in [-0.05, 0) is 74.8 Å². The van der Waals surface area contributed by atoms with Crippen LogP contribution in [0.3, 0.4) is 0 Å². The van der Waals surface area contributed by atoms with E-state index in [1.165, 1.54) is 0 Å². The van der Waals surface area contributed by atoms with Crippen LogP contribution in [0.15, 0.2) is 23.0 Å². The highest BCUT2D eigenvalue weighted by Gasteiger charge is 2.31. The first-order chi connectivity index (χ1) is 13.9. The summed E-state index contributed by atoms with van der Waals surface area (Å²) in [5.41, 5.74) is 4.58. The second kappa shape index (κ2) is 7.52. The molecule has 0 unspecified atom stereocenters. The van der Waals surface area contributed by atoms with Gasteiger partial charge in [0.05, 0.1) is 12.1 Å². The van der Waals surface area contributed by atoms with Crippen LogP contribution in [0.5, 0.6) is 5.75 Å². The zero-order valence-electron chi connectivity index (χ0n) is 17.8. The van der Waals surface area contributed by atoms with E-state index in [0.717, 1.165) is 53.8 Å². The molecule has 1 saturated carbocycles. The Labute approximate surface area is 176 Å². The van der Waals surface area contributed by atoms with Crippen molar-refractivity contribution in [2.24, 2.45) is 0 Å². The quantitative estimate of drug-likeness (QED) is 0.522. The van der Waals surface area contributed by atoms with Crippen LogP contribution in [-0.2, 0) is 0 Å². The normalized spacial score (nSPS) is 14.2. The van der Waals surface area contributed by atoms with Gasteiger partial charge >= 0.3 is 0 Å². The maximum absolute atomic E-state index is 13.7. The van der Waals surface area contributed by atoms with Crippen LogP contribution in [0.4, 0.5) is 0 Å². The van der Waals surface area contributed by atoms with Crippen LogP contribution in [0.25, 0.3) is 16.9 Å². The van der Waals surface area contributed by atoms with Crippen molar-refractivity contribution in [3.63, 3.8) is 0 Å². The molecule has 0 bridgehead atoms. The fraction of sp³-hybridized carbons (Fsp3) is 0.478. The van der Waals surface area contributed by atoms with Gasteiger partial charge in [-0.2, -0.15) is 0 Å². The second-order valence-electron chi connectivity index (χ2n) is 8.05. The molecule has 6 heteroatoms. The highest BCUT2D eigenvalue weighted by molar-refractivity contribution is 6.33. The molecule has 2 heterocycles. The lowest BCUT2D eigenvalue weighted by molar-refractivity contribution is 0.412. The Bertz CT molecular complexity index is 1140. The van der Waals surface area contributed by atoms with Gasteiger partial charge in [0.1, 0.15) is 11.3 Å². The molecule has 0 saturated heterocycles. The first-order valence-electron chi connectivity index (χ1n) is 10.4. The fourth-order valence-electron chi connectivity index (χ4n) is 4.30. The van der Waals surface area contributed by atoms with Gasteiger partial charge < -0.3 is 4.74 Å². The number of rotatable bonds is 6. The van der Waals surface area contributed by atoms with Crippen LogP contribution in [0.1, 0.15) is 68.3 Å². The summed E-state index contributed by atoms with van der Waals surface area (Å²) in [6, 6.07) is 6.09. The number of aryl methyl sites for hydroxylation is 2. The molecule has 1 fully saturated rings. The van der Waals surface area contributed by atoms with Crippen molar-refractivity contribution in [1.82, 2.24) is 14.2 Å². The summed E-state index contributed by atoms with van der Waals surface area (Å²) in [5, 5.41) is 5.49. The Kier molecular flexibility index (Phi) is 5.19. The van der Waals surface area contributed by atoms with Gasteiger partial charge in [0.2, 0.25) is 0 Å². The smallest absolute Gasteiger partial charge is 0.278 e. The highest BCUT2D eigenvalue weighted by atomic mass is 35.5. The molecule has 29 heavy (non-hydrogen) atoms. The predicted octanol–water partition coefficient (Wildman–Crippen LogP) is 5.68. The van der Waals surface area contributed by atoms with Gasteiger partial charge in [-0.15, -0.1) is 5.10 Å². The summed E-state index contributed by atoms with van der Waals surface area (Å²) in [7, 11) is 1.63. The zero-order chi connectivity index (χ0) is 20.9. The standard InChI is InChI=1S/C23H28ClN3O2/c1-6-15(7-2)17-11-14(4)27-21(17)23(28)26(16-8-9-16)22(25-27)18-10-13(3)20(29-5)12-19(18)24/h10-12,15-16H,6-9H2,1-5H3. The minimum absolute atomic E-state index is 0.0389. The van der Waals surface area contributed by atoms with Crippen molar-refractivity contribution in [3.8, 4) is 17.1 Å². The second-order valence-corrected chi connectivity index (χ2v) is 8.45. The Hall–Kier alpha value is -2.27. The summed E-state index contributed by atoms with van der Waals surface area (Å²) in [6.07, 6.45) is 4.00. The van der Waals surface area contributed by atoms with Crippen LogP contribution in [0, 0.1) is 13.8 Å². The van der Waals surface area contributed by atoms with Crippen molar-refractivity contribution >= 4 is 17.1 Å². The molecule has 0 N–H and O–H groups in total. The largest absolute Gasteiger partial charge is 0.496 e. The van der Waals surface area contributed by atoms with Crippen LogP contribution >= 0.6 is 11.6 Å². The molecule has 0 spiro atoms. The Balaban J connectivity index is 2.04. The van der Waals surface area contributed by atoms with Gasteiger partial charge in [-0.3, -0.25) is 9.36 Å². The average Bonchev–Trinajstić information content (AvgIpc) is 3.48. The van der Waals surface area contributed by atoms with Crippen molar-refractivity contribution in [2.45, 2.75) is 65.3 Å². The summed E-state index contributed by atoms with van der Waals surface area (Å²) in [5.74, 6) is 1.72. The Morgan fingerprint density at radius 1 is 1.21 bits per heavy atom. The number of benzene rings is 1. The molecular weight excluding hydrogens is 386 g/mol. The number of halogens is 1. The van der Waals surface area contributed by atoms with Crippen LogP contribution < -0.4 is 10.3 Å². The molecule has 0 aliphatic heterocycles. The molecule has 0 atom stereocenters. The van der Waals surface area contributed by atoms with E-state index in [1.54, 1.807) is 13.2 Å². The van der Waals surface area contributed by atoms with E-state index in [2.05, 4.69) is 19.9 Å². The van der Waals surface area contributed by atoms with Crippen molar-refractivity contribution in [1.29, 1.82) is 0 Å². The number of methoxy groups -OCH3 is 1. The van der Waals surface area contributed by atoms with Gasteiger partial charge in [-0.1, -0.05) is 25.4 Å². The third-order valence-corrected chi connectivity index (χ3v) is 6.40. The minimum atomic E-state index is 0.0389. The molecule has 3 aromatic rings. The lowest BCUT2D eigenvalue weighted by atomic mass is 9.95. The number of fused-ring (bicyclic) bond motifs is 1. The van der Waals surface area contributed by atoms with E-state index in [9.17, 15) is 4.79 Å². The summed E-state index contributed by atoms with van der Waals surface area (Å²) < 4.78 is 9.08. The fourth-order valence-corrected chi connectivity index (χ4v) is 4.54. The summed E-state index contributed by atoms with van der Waals surface area (Å²) in [4.78, 5) is 13.7. The number of hydrogen-bond donors (Lipinski definition) is 0. The number of aromatic nitrogens is 3. The molecule has 0 amide bonds. The molecule has 0 radical (unpaired) electrons. The molecule has 1 aromatic carbocycles. The van der Waals surface area contributed by atoms with E-state index in [-0.39, 0.29) is 11.6 Å².